The number of ether oxygens (including phenoxy) is 2. The minimum atomic E-state index is -4.20. The molecule has 3 aromatic rings. The highest BCUT2D eigenvalue weighted by atomic mass is 32.2. The lowest BCUT2D eigenvalue weighted by molar-refractivity contribution is 0.121. The largest absolute Gasteiger partial charge is 0.379 e. The van der Waals surface area contributed by atoms with E-state index in [0.717, 1.165) is 47.2 Å². The van der Waals surface area contributed by atoms with Crippen molar-refractivity contribution in [3.05, 3.63) is 89.5 Å². The highest BCUT2D eigenvalue weighted by Crippen LogP contribution is 2.21. The molecule has 14 nitrogen and oxygen atoms in total. The van der Waals surface area contributed by atoms with Gasteiger partial charge in [0.1, 0.15) is 0 Å². The van der Waals surface area contributed by atoms with Crippen LogP contribution in [0.3, 0.4) is 0 Å². The first-order chi connectivity index (χ1) is 25.8. The summed E-state index contributed by atoms with van der Waals surface area (Å²) in [4.78, 5) is 0.173. The van der Waals surface area contributed by atoms with Crippen LogP contribution in [0, 0.1) is 20.8 Å². The van der Waals surface area contributed by atoms with Gasteiger partial charge in [-0.1, -0.05) is 53.1 Å². The molecule has 0 aliphatic carbocycles. The molecule has 0 spiro atoms. The van der Waals surface area contributed by atoms with Gasteiger partial charge in [0.05, 0.1) is 41.1 Å². The number of hydrogen-bond donors (Lipinski definition) is 3. The maximum Gasteiger partial charge on any atom is 0.243 e. The number of nitrogens with one attached hydrogen (secondary N) is 3. The summed E-state index contributed by atoms with van der Waals surface area (Å²) in [5, 5.41) is 9.94. The second-order valence-corrected chi connectivity index (χ2v) is 18.9. The van der Waals surface area contributed by atoms with Crippen LogP contribution in [0.15, 0.2) is 87.5 Å². The molecular weight excluding hydrogens is 753 g/mol. The van der Waals surface area contributed by atoms with Crippen LogP contribution in [-0.2, 0) is 39.5 Å². The highest BCUT2D eigenvalue weighted by molar-refractivity contribution is 7.89. The van der Waals surface area contributed by atoms with E-state index in [-0.39, 0.29) is 67.2 Å². The molecule has 0 saturated carbocycles. The number of nitrogens with zero attached hydrogens (tertiary/aromatic N) is 3. The zero-order chi connectivity index (χ0) is 39.0. The van der Waals surface area contributed by atoms with Crippen LogP contribution in [0.2, 0.25) is 0 Å². The molecule has 0 radical (unpaired) electrons. The molecule has 0 aromatic heterocycles. The summed E-state index contributed by atoms with van der Waals surface area (Å²) in [6.45, 7) is 9.68. The van der Waals surface area contributed by atoms with Gasteiger partial charge < -0.3 is 25.4 Å². The molecule has 4 rings (SSSR count). The van der Waals surface area contributed by atoms with Crippen molar-refractivity contribution in [3.8, 4) is 0 Å². The molecule has 300 valence electrons. The van der Waals surface area contributed by atoms with Gasteiger partial charge in [-0.25, -0.2) is 25.3 Å². The van der Waals surface area contributed by atoms with Gasteiger partial charge in [0.2, 0.25) is 30.1 Å². The topological polar surface area (TPSA) is 167 Å². The summed E-state index contributed by atoms with van der Waals surface area (Å²) in [6.07, 6.45) is 0. The first kappa shape index (κ1) is 43.9. The second kappa shape index (κ2) is 21.5. The van der Waals surface area contributed by atoms with Gasteiger partial charge in [0.15, 0.2) is 0 Å². The molecule has 0 atom stereocenters. The fourth-order valence-electron chi connectivity index (χ4n) is 5.63. The molecule has 1 fully saturated rings. The number of aryl methyl sites for hydroxylation is 3. The lowest BCUT2D eigenvalue weighted by atomic mass is 10.2. The van der Waals surface area contributed by atoms with E-state index < -0.39 is 30.1 Å². The van der Waals surface area contributed by atoms with Crippen molar-refractivity contribution in [2.24, 2.45) is 0 Å². The average molecular weight is 809 g/mol. The number of sulfonamides is 3. The van der Waals surface area contributed by atoms with Gasteiger partial charge in [0, 0.05) is 78.5 Å². The Balaban J connectivity index is 1.66. The third-order valence-corrected chi connectivity index (χ3v) is 14.7. The highest BCUT2D eigenvalue weighted by Gasteiger charge is 2.31. The zero-order valence-corrected chi connectivity index (χ0v) is 34.0. The molecule has 17 heteroatoms. The third-order valence-electron chi connectivity index (χ3n) is 8.95. The van der Waals surface area contributed by atoms with Crippen LogP contribution in [0.5, 0.6) is 0 Å². The van der Waals surface area contributed by atoms with Crippen molar-refractivity contribution >= 4 is 30.1 Å². The predicted molar refractivity (Wildman–Crippen MR) is 210 cm³/mol. The van der Waals surface area contributed by atoms with Gasteiger partial charge >= 0.3 is 0 Å². The SMILES string of the molecule is Cc1ccc(S(=O)(=O)N2CCOCCNCCNCCNCCOCCN(S(=O)(=O)c3ccc(C)cc3)CCN(S(=O)(=O)c3ccc(C)cc3)CC2)cc1. The fraction of sp³-hybridized carbons (Fsp3) is 0.514. The van der Waals surface area contributed by atoms with E-state index in [1.165, 1.54) is 45.0 Å². The summed E-state index contributed by atoms with van der Waals surface area (Å²) in [5.41, 5.74) is 2.66. The van der Waals surface area contributed by atoms with E-state index in [9.17, 15) is 25.3 Å². The van der Waals surface area contributed by atoms with Crippen LogP contribution in [-0.4, -0.2) is 143 Å². The van der Waals surface area contributed by atoms with E-state index in [4.69, 9.17) is 9.47 Å². The molecule has 1 aliphatic heterocycles. The smallest absolute Gasteiger partial charge is 0.243 e. The van der Waals surface area contributed by atoms with E-state index in [1.54, 1.807) is 36.4 Å². The fourth-order valence-corrected chi connectivity index (χ4v) is 9.89. The summed E-state index contributed by atoms with van der Waals surface area (Å²) in [5.74, 6) is 0. The monoisotopic (exact) mass is 808 g/mol. The Morgan fingerprint density at radius 1 is 0.389 bits per heavy atom. The molecule has 54 heavy (non-hydrogen) atoms. The first-order valence-electron chi connectivity index (χ1n) is 18.3. The molecule has 0 unspecified atom stereocenters. The Bertz CT molecular complexity index is 1790. The number of rotatable bonds is 6. The van der Waals surface area contributed by atoms with Crippen LogP contribution < -0.4 is 16.0 Å². The quantitative estimate of drug-likeness (QED) is 0.333. The first-order valence-corrected chi connectivity index (χ1v) is 22.6. The molecule has 1 aliphatic rings. The normalized spacial score (nSPS) is 19.2. The summed E-state index contributed by atoms with van der Waals surface area (Å²) in [7, 11) is -12.3. The van der Waals surface area contributed by atoms with Crippen LogP contribution in [0.4, 0.5) is 0 Å². The number of hydrogen-bond acceptors (Lipinski definition) is 11. The molecule has 1 heterocycles. The molecule has 0 amide bonds. The van der Waals surface area contributed by atoms with E-state index >= 15 is 0 Å². The Hall–Kier alpha value is -2.81. The van der Waals surface area contributed by atoms with Crippen molar-refractivity contribution in [1.29, 1.82) is 0 Å². The second-order valence-electron chi connectivity index (χ2n) is 13.1. The van der Waals surface area contributed by atoms with Crippen LogP contribution in [0.1, 0.15) is 16.7 Å². The van der Waals surface area contributed by atoms with E-state index in [1.807, 2.05) is 20.8 Å². The van der Waals surface area contributed by atoms with Crippen molar-refractivity contribution < 1.29 is 34.7 Å². The van der Waals surface area contributed by atoms with Crippen molar-refractivity contribution in [2.75, 3.05) is 105 Å². The van der Waals surface area contributed by atoms with Crippen LogP contribution >= 0.6 is 0 Å². The Labute approximate surface area is 322 Å². The summed E-state index contributed by atoms with van der Waals surface area (Å²) in [6, 6.07) is 19.3. The molecule has 1 saturated heterocycles. The van der Waals surface area contributed by atoms with Crippen molar-refractivity contribution in [1.82, 2.24) is 28.9 Å². The van der Waals surface area contributed by atoms with Gasteiger partial charge in [-0.15, -0.1) is 0 Å². The Kier molecular flexibility index (Phi) is 17.5. The maximum absolute atomic E-state index is 14.3. The minimum absolute atomic E-state index is 0.0176. The standard InChI is InChI=1S/C37H56N6O8S3/c1-32-4-10-35(11-5-32)52(44,45)41-22-24-42(53(46,47)36-12-6-33(2)7-13-36)26-30-50-28-20-39-18-16-38-17-19-40-21-29-51-31-27-43(25-23-41)54(48,49)37-14-8-34(3)9-15-37/h4-15,38-40H,16-31H2,1-3H3. The van der Waals surface area contributed by atoms with E-state index in [0.29, 0.717) is 26.3 Å². The van der Waals surface area contributed by atoms with Gasteiger partial charge in [0.25, 0.3) is 0 Å². The average Bonchev–Trinajstić information content (AvgIpc) is 3.14. The van der Waals surface area contributed by atoms with Crippen molar-refractivity contribution in [3.63, 3.8) is 0 Å². The minimum Gasteiger partial charge on any atom is -0.379 e. The Morgan fingerprint density at radius 2 is 0.648 bits per heavy atom. The third kappa shape index (κ3) is 13.2. The van der Waals surface area contributed by atoms with Crippen molar-refractivity contribution in [2.45, 2.75) is 35.5 Å². The lowest BCUT2D eigenvalue weighted by Gasteiger charge is -2.29. The summed E-state index contributed by atoms with van der Waals surface area (Å²) < 4.78 is 99.8. The molecule has 0 bridgehead atoms. The lowest BCUT2D eigenvalue weighted by Crippen LogP contribution is -2.46. The molecule has 3 aromatic carbocycles. The zero-order valence-electron chi connectivity index (χ0n) is 31.6. The predicted octanol–water partition coefficient (Wildman–Crippen LogP) is 1.80. The Morgan fingerprint density at radius 3 is 0.944 bits per heavy atom. The number of benzene rings is 3. The summed E-state index contributed by atoms with van der Waals surface area (Å²) >= 11 is 0. The van der Waals surface area contributed by atoms with E-state index in [2.05, 4.69) is 16.0 Å². The van der Waals surface area contributed by atoms with Gasteiger partial charge in [-0.2, -0.15) is 12.9 Å². The molecular formula is C37H56N6O8S3. The molecule has 3 N–H and O–H groups in total. The van der Waals surface area contributed by atoms with Gasteiger partial charge in [-0.3, -0.25) is 0 Å². The van der Waals surface area contributed by atoms with Crippen LogP contribution in [0.25, 0.3) is 0 Å². The van der Waals surface area contributed by atoms with Gasteiger partial charge in [-0.05, 0) is 57.2 Å². The maximum atomic E-state index is 14.3.